The number of hydrogen-bond acceptors (Lipinski definition) is 4. The van der Waals surface area contributed by atoms with E-state index in [1.807, 2.05) is 6.08 Å². The third kappa shape index (κ3) is 9.41. The predicted octanol–water partition coefficient (Wildman–Crippen LogP) is 4.93. The number of carbonyl (C=O) groups excluding carboxylic acids is 1. The summed E-state index contributed by atoms with van der Waals surface area (Å²) in [5.74, 6) is -0.260. The maximum atomic E-state index is 11.3. The Hall–Kier alpha value is -0.870. The van der Waals surface area contributed by atoms with E-state index < -0.39 is 6.10 Å². The highest BCUT2D eigenvalue weighted by Gasteiger charge is 2.39. The fourth-order valence-electron chi connectivity index (χ4n) is 3.54. The van der Waals surface area contributed by atoms with E-state index in [1.54, 1.807) is 0 Å². The van der Waals surface area contributed by atoms with E-state index in [9.17, 15) is 9.90 Å². The molecule has 1 aliphatic rings. The molecular formula is C21H38O4. The van der Waals surface area contributed by atoms with Gasteiger partial charge in [0.05, 0.1) is 18.3 Å². The Labute approximate surface area is 154 Å². The first-order valence-corrected chi connectivity index (χ1v) is 10.2. The van der Waals surface area contributed by atoms with E-state index in [0.29, 0.717) is 6.42 Å². The fraction of sp³-hybridized carbons (Fsp3) is 0.857. The van der Waals surface area contributed by atoms with Gasteiger partial charge in [0.1, 0.15) is 6.10 Å². The number of esters is 1. The lowest BCUT2D eigenvalue weighted by Crippen LogP contribution is -2.26. The second kappa shape index (κ2) is 13.3. The molecule has 0 saturated carbocycles. The Bertz CT molecular complexity index is 369. The van der Waals surface area contributed by atoms with Crippen LogP contribution in [0.1, 0.15) is 90.9 Å². The molecule has 1 rings (SSSR count). The van der Waals surface area contributed by atoms with Crippen LogP contribution < -0.4 is 0 Å². The van der Waals surface area contributed by atoms with Crippen molar-refractivity contribution < 1.29 is 19.4 Å². The van der Waals surface area contributed by atoms with Crippen LogP contribution in [0.15, 0.2) is 12.7 Å². The third-order valence-corrected chi connectivity index (χ3v) is 4.98. The van der Waals surface area contributed by atoms with Gasteiger partial charge in [0.25, 0.3) is 0 Å². The van der Waals surface area contributed by atoms with Crippen molar-refractivity contribution in [1.82, 2.24) is 0 Å². The molecule has 0 spiro atoms. The molecule has 4 heteroatoms. The summed E-state index contributed by atoms with van der Waals surface area (Å²) in [7, 11) is 0. The first-order valence-electron chi connectivity index (χ1n) is 10.2. The molecular weight excluding hydrogens is 316 g/mol. The predicted molar refractivity (Wildman–Crippen MR) is 101 cm³/mol. The normalized spacial score (nSPS) is 24.2. The molecule has 0 aliphatic carbocycles. The van der Waals surface area contributed by atoms with Gasteiger partial charge in [-0.15, -0.1) is 6.58 Å². The van der Waals surface area contributed by atoms with Crippen molar-refractivity contribution in [2.75, 3.05) is 0 Å². The van der Waals surface area contributed by atoms with E-state index in [0.717, 1.165) is 51.4 Å². The lowest BCUT2D eigenvalue weighted by molar-refractivity contribution is -0.149. The third-order valence-electron chi connectivity index (χ3n) is 4.98. The number of aliphatic hydroxyl groups is 1. The molecule has 4 nitrogen and oxygen atoms in total. The number of rotatable bonds is 14. The zero-order chi connectivity index (χ0) is 18.5. The number of aliphatic hydroxyl groups excluding tert-OH is 1. The average Bonchev–Trinajstić information content (AvgIpc) is 2.96. The minimum atomic E-state index is -0.456. The molecule has 1 fully saturated rings. The summed E-state index contributed by atoms with van der Waals surface area (Å²) in [6.07, 6.45) is 13.6. The Morgan fingerprint density at radius 1 is 1.24 bits per heavy atom. The highest BCUT2D eigenvalue weighted by atomic mass is 16.6. The minimum Gasteiger partial charge on any atom is -0.460 e. The van der Waals surface area contributed by atoms with Crippen LogP contribution >= 0.6 is 0 Å². The van der Waals surface area contributed by atoms with Gasteiger partial charge in [-0.2, -0.15) is 0 Å². The number of allylic oxidation sites excluding steroid dienone is 1. The summed E-state index contributed by atoms with van der Waals surface area (Å²) in [4.78, 5) is 11.3. The molecule has 0 aromatic rings. The Morgan fingerprint density at radius 3 is 2.64 bits per heavy atom. The van der Waals surface area contributed by atoms with E-state index in [1.165, 1.54) is 26.2 Å². The van der Waals surface area contributed by atoms with Gasteiger partial charge in [-0.3, -0.25) is 4.79 Å². The molecule has 1 N–H and O–H groups in total. The SMILES string of the molecule is C=CCCCCCCC[C@H](O)[C@@H]1C[C@H](OC(C)=O)[C@H](CCCCC)O1. The van der Waals surface area contributed by atoms with Crippen LogP contribution in [0, 0.1) is 0 Å². The summed E-state index contributed by atoms with van der Waals surface area (Å²) < 4.78 is 11.5. The van der Waals surface area contributed by atoms with Crippen molar-refractivity contribution in [2.45, 2.75) is 115 Å². The number of carbonyl (C=O) groups is 1. The molecule has 0 radical (unpaired) electrons. The molecule has 1 heterocycles. The summed E-state index contributed by atoms with van der Waals surface area (Å²) in [5.41, 5.74) is 0. The van der Waals surface area contributed by atoms with E-state index in [2.05, 4.69) is 13.5 Å². The van der Waals surface area contributed by atoms with Gasteiger partial charge in [-0.1, -0.05) is 57.9 Å². The van der Waals surface area contributed by atoms with E-state index >= 15 is 0 Å². The monoisotopic (exact) mass is 354 g/mol. The van der Waals surface area contributed by atoms with Gasteiger partial charge in [0.2, 0.25) is 0 Å². The smallest absolute Gasteiger partial charge is 0.302 e. The van der Waals surface area contributed by atoms with E-state index in [-0.39, 0.29) is 24.3 Å². The summed E-state index contributed by atoms with van der Waals surface area (Å²) in [5, 5.41) is 10.5. The Morgan fingerprint density at radius 2 is 1.96 bits per heavy atom. The lowest BCUT2D eigenvalue weighted by atomic mass is 10.00. The van der Waals surface area contributed by atoms with Gasteiger partial charge in [-0.05, 0) is 25.7 Å². The molecule has 4 atom stereocenters. The quantitative estimate of drug-likeness (QED) is 0.273. The van der Waals surface area contributed by atoms with Gasteiger partial charge in [-0.25, -0.2) is 0 Å². The number of ether oxygens (including phenoxy) is 2. The van der Waals surface area contributed by atoms with Crippen LogP contribution in [-0.2, 0) is 14.3 Å². The van der Waals surface area contributed by atoms with Crippen molar-refractivity contribution >= 4 is 5.97 Å². The van der Waals surface area contributed by atoms with Crippen LogP contribution in [-0.4, -0.2) is 35.5 Å². The van der Waals surface area contributed by atoms with Crippen molar-refractivity contribution in [3.05, 3.63) is 12.7 Å². The first kappa shape index (κ1) is 22.2. The Kier molecular flexibility index (Phi) is 11.8. The standard InChI is InChI=1S/C21H38O4/c1-4-6-8-9-10-11-13-14-18(23)20-16-21(24-17(3)22)19(25-20)15-12-7-5-2/h4,18-21,23H,1,5-16H2,2-3H3/t18-,19-,20-,21-/m0/s1. The van der Waals surface area contributed by atoms with Crippen LogP contribution in [0.25, 0.3) is 0 Å². The van der Waals surface area contributed by atoms with Gasteiger partial charge < -0.3 is 14.6 Å². The largest absolute Gasteiger partial charge is 0.460 e. The molecule has 0 unspecified atom stereocenters. The van der Waals surface area contributed by atoms with Crippen molar-refractivity contribution in [1.29, 1.82) is 0 Å². The highest BCUT2D eigenvalue weighted by molar-refractivity contribution is 5.66. The zero-order valence-electron chi connectivity index (χ0n) is 16.3. The Balaban J connectivity index is 2.30. The van der Waals surface area contributed by atoms with Crippen LogP contribution in [0.4, 0.5) is 0 Å². The van der Waals surface area contributed by atoms with Crippen molar-refractivity contribution in [3.63, 3.8) is 0 Å². The second-order valence-electron chi connectivity index (χ2n) is 7.29. The summed E-state index contributed by atoms with van der Waals surface area (Å²) >= 11 is 0. The molecule has 0 amide bonds. The molecule has 1 saturated heterocycles. The molecule has 146 valence electrons. The lowest BCUT2D eigenvalue weighted by Gasteiger charge is -2.19. The average molecular weight is 355 g/mol. The maximum Gasteiger partial charge on any atom is 0.302 e. The maximum absolute atomic E-state index is 11.3. The van der Waals surface area contributed by atoms with Crippen LogP contribution in [0.5, 0.6) is 0 Å². The molecule has 0 bridgehead atoms. The molecule has 0 aromatic carbocycles. The summed E-state index contributed by atoms with van der Waals surface area (Å²) in [6, 6.07) is 0. The summed E-state index contributed by atoms with van der Waals surface area (Å²) in [6.45, 7) is 7.35. The first-order chi connectivity index (χ1) is 12.1. The van der Waals surface area contributed by atoms with Gasteiger partial charge in [0, 0.05) is 13.3 Å². The fourth-order valence-corrected chi connectivity index (χ4v) is 3.54. The molecule has 0 aromatic heterocycles. The number of unbranched alkanes of at least 4 members (excludes halogenated alkanes) is 7. The van der Waals surface area contributed by atoms with Crippen molar-refractivity contribution in [3.8, 4) is 0 Å². The topological polar surface area (TPSA) is 55.8 Å². The molecule has 1 aliphatic heterocycles. The minimum absolute atomic E-state index is 0.0611. The number of hydrogen-bond donors (Lipinski definition) is 1. The highest BCUT2D eigenvalue weighted by Crippen LogP contribution is 2.30. The zero-order valence-corrected chi connectivity index (χ0v) is 16.3. The van der Waals surface area contributed by atoms with Crippen molar-refractivity contribution in [2.24, 2.45) is 0 Å². The molecule has 25 heavy (non-hydrogen) atoms. The van der Waals surface area contributed by atoms with Gasteiger partial charge in [0.15, 0.2) is 0 Å². The second-order valence-corrected chi connectivity index (χ2v) is 7.29. The van der Waals surface area contributed by atoms with Gasteiger partial charge >= 0.3 is 5.97 Å². The van der Waals surface area contributed by atoms with Crippen LogP contribution in [0.3, 0.4) is 0 Å². The van der Waals surface area contributed by atoms with E-state index in [4.69, 9.17) is 9.47 Å². The van der Waals surface area contributed by atoms with Crippen LogP contribution in [0.2, 0.25) is 0 Å².